The number of aromatic nitrogens is 3. The van der Waals surface area contributed by atoms with Crippen LogP contribution in [0.15, 0.2) is 48.7 Å². The number of pyridine rings is 1. The van der Waals surface area contributed by atoms with Gasteiger partial charge >= 0.3 is 0 Å². The number of aromatic hydroxyl groups is 1. The molecule has 2 aromatic heterocycles. The molecule has 3 aromatic rings. The lowest BCUT2D eigenvalue weighted by molar-refractivity contribution is 0.477. The molecule has 4 heterocycles. The zero-order valence-corrected chi connectivity index (χ0v) is 15.7. The van der Waals surface area contributed by atoms with Gasteiger partial charge in [0.05, 0.1) is 17.6 Å². The Hall–Kier alpha value is -3.42. The van der Waals surface area contributed by atoms with E-state index < -0.39 is 0 Å². The molecular formula is C21H21FN6O. The summed E-state index contributed by atoms with van der Waals surface area (Å²) in [5, 5.41) is 18.5. The second-order valence-corrected chi connectivity index (χ2v) is 7.55. The van der Waals surface area contributed by atoms with E-state index in [0.717, 1.165) is 37.4 Å². The van der Waals surface area contributed by atoms with E-state index in [1.54, 1.807) is 24.3 Å². The number of para-hydroxylation sites is 1. The molecule has 1 aromatic carbocycles. The molecule has 2 saturated heterocycles. The number of nitrogen functional groups attached to an aromatic ring is 1. The first-order valence-corrected chi connectivity index (χ1v) is 9.66. The van der Waals surface area contributed by atoms with Gasteiger partial charge in [-0.2, -0.15) is 0 Å². The summed E-state index contributed by atoms with van der Waals surface area (Å²) in [7, 11) is 0. The molecule has 0 spiro atoms. The van der Waals surface area contributed by atoms with E-state index in [1.807, 2.05) is 12.1 Å². The normalized spacial score (nSPS) is 20.9. The van der Waals surface area contributed by atoms with E-state index in [4.69, 9.17) is 5.73 Å². The first kappa shape index (κ1) is 17.7. The Balaban J connectivity index is 1.44. The Morgan fingerprint density at radius 1 is 1.03 bits per heavy atom. The molecule has 0 saturated carbocycles. The number of phenols is 1. The Kier molecular flexibility index (Phi) is 4.19. The molecule has 5 rings (SSSR count). The number of piperazine rings is 1. The minimum Gasteiger partial charge on any atom is -0.507 e. The van der Waals surface area contributed by atoms with Crippen LogP contribution in [0.2, 0.25) is 0 Å². The SMILES string of the molecule is Nc1nnc(-c2ccccc2O)cc1N1CC2CCC(C1)N2c1ccc(F)cn1. The van der Waals surface area contributed by atoms with Crippen LogP contribution in [0.1, 0.15) is 12.8 Å². The van der Waals surface area contributed by atoms with Gasteiger partial charge in [-0.25, -0.2) is 9.37 Å². The molecule has 2 unspecified atom stereocenters. The second kappa shape index (κ2) is 6.88. The molecule has 148 valence electrons. The number of hydrogen-bond acceptors (Lipinski definition) is 7. The molecule has 8 heteroatoms. The molecule has 2 fully saturated rings. The molecule has 2 atom stereocenters. The van der Waals surface area contributed by atoms with E-state index in [2.05, 4.69) is 25.0 Å². The van der Waals surface area contributed by atoms with Gasteiger partial charge in [0.1, 0.15) is 17.4 Å². The maximum atomic E-state index is 13.3. The Labute approximate surface area is 167 Å². The van der Waals surface area contributed by atoms with E-state index in [1.165, 1.54) is 12.3 Å². The van der Waals surface area contributed by atoms with Gasteiger partial charge in [0.25, 0.3) is 0 Å². The average Bonchev–Trinajstić information content (AvgIpc) is 2.99. The maximum absolute atomic E-state index is 13.3. The second-order valence-electron chi connectivity index (χ2n) is 7.55. The van der Waals surface area contributed by atoms with Crippen LogP contribution < -0.4 is 15.5 Å². The summed E-state index contributed by atoms with van der Waals surface area (Å²) >= 11 is 0. The highest BCUT2D eigenvalue weighted by atomic mass is 19.1. The van der Waals surface area contributed by atoms with E-state index >= 15 is 0 Å². The molecule has 0 amide bonds. The van der Waals surface area contributed by atoms with Crippen LogP contribution in [-0.4, -0.2) is 45.5 Å². The number of hydrogen-bond donors (Lipinski definition) is 2. The van der Waals surface area contributed by atoms with Crippen molar-refractivity contribution in [1.82, 2.24) is 15.2 Å². The maximum Gasteiger partial charge on any atom is 0.169 e. The van der Waals surface area contributed by atoms with E-state index in [9.17, 15) is 9.50 Å². The summed E-state index contributed by atoms with van der Waals surface area (Å²) in [4.78, 5) is 8.81. The third-order valence-corrected chi connectivity index (χ3v) is 5.78. The molecule has 2 bridgehead atoms. The van der Waals surface area contributed by atoms with Gasteiger partial charge in [0.2, 0.25) is 0 Å². The van der Waals surface area contributed by atoms with E-state index in [-0.39, 0.29) is 23.7 Å². The highest BCUT2D eigenvalue weighted by Crippen LogP contribution is 2.38. The van der Waals surface area contributed by atoms with Gasteiger partial charge in [-0.15, -0.1) is 10.2 Å². The third kappa shape index (κ3) is 3.10. The van der Waals surface area contributed by atoms with Gasteiger partial charge < -0.3 is 20.6 Å². The van der Waals surface area contributed by atoms with Crippen molar-refractivity contribution >= 4 is 17.3 Å². The Bertz CT molecular complexity index is 1030. The van der Waals surface area contributed by atoms with Crippen LogP contribution in [0, 0.1) is 5.82 Å². The molecule has 2 aliphatic rings. The summed E-state index contributed by atoms with van der Waals surface area (Å²) < 4.78 is 13.3. The van der Waals surface area contributed by atoms with Crippen molar-refractivity contribution in [2.75, 3.05) is 28.6 Å². The van der Waals surface area contributed by atoms with Crippen molar-refractivity contribution < 1.29 is 9.50 Å². The van der Waals surface area contributed by atoms with E-state index in [0.29, 0.717) is 17.1 Å². The molecule has 7 nitrogen and oxygen atoms in total. The fourth-order valence-corrected chi connectivity index (χ4v) is 4.46. The van der Waals surface area contributed by atoms with Gasteiger partial charge in [0, 0.05) is 30.7 Å². The zero-order chi connectivity index (χ0) is 20.0. The topological polar surface area (TPSA) is 91.4 Å². The number of anilines is 3. The predicted molar refractivity (Wildman–Crippen MR) is 109 cm³/mol. The number of phenolic OH excluding ortho intramolecular Hbond substituents is 1. The van der Waals surface area contributed by atoms with Crippen LogP contribution in [0.5, 0.6) is 5.75 Å². The van der Waals surface area contributed by atoms with Crippen molar-refractivity contribution in [1.29, 1.82) is 0 Å². The quantitative estimate of drug-likeness (QED) is 0.708. The monoisotopic (exact) mass is 392 g/mol. The molecule has 0 aliphatic carbocycles. The summed E-state index contributed by atoms with van der Waals surface area (Å²) in [5.41, 5.74) is 8.19. The van der Waals surface area contributed by atoms with Crippen molar-refractivity contribution in [3.63, 3.8) is 0 Å². The fraction of sp³-hybridized carbons (Fsp3) is 0.286. The van der Waals surface area contributed by atoms with Crippen molar-refractivity contribution in [2.45, 2.75) is 24.9 Å². The van der Waals surface area contributed by atoms with Crippen LogP contribution >= 0.6 is 0 Å². The average molecular weight is 392 g/mol. The van der Waals surface area contributed by atoms with Gasteiger partial charge in [0.15, 0.2) is 5.82 Å². The molecule has 2 aliphatic heterocycles. The van der Waals surface area contributed by atoms with Crippen molar-refractivity contribution in [2.24, 2.45) is 0 Å². The molecular weight excluding hydrogens is 371 g/mol. The predicted octanol–water partition coefficient (Wildman–Crippen LogP) is 2.82. The summed E-state index contributed by atoms with van der Waals surface area (Å²) in [5.74, 6) is 1.02. The van der Waals surface area contributed by atoms with Crippen LogP contribution in [0.3, 0.4) is 0 Å². The highest BCUT2D eigenvalue weighted by Gasteiger charge is 2.41. The third-order valence-electron chi connectivity index (χ3n) is 5.78. The number of benzene rings is 1. The van der Waals surface area contributed by atoms with Gasteiger partial charge in [-0.1, -0.05) is 12.1 Å². The van der Waals surface area contributed by atoms with Crippen LogP contribution in [0.4, 0.5) is 21.7 Å². The van der Waals surface area contributed by atoms with Crippen LogP contribution in [-0.2, 0) is 0 Å². The Morgan fingerprint density at radius 2 is 1.79 bits per heavy atom. The molecule has 0 radical (unpaired) electrons. The lowest BCUT2D eigenvalue weighted by Gasteiger charge is -2.43. The lowest BCUT2D eigenvalue weighted by atomic mass is 10.1. The fourth-order valence-electron chi connectivity index (χ4n) is 4.46. The standard InChI is InChI=1S/C21H21FN6O/c22-13-5-8-20(24-10-13)28-14-6-7-15(28)12-27(11-14)18-9-17(25-26-21(18)23)16-3-1-2-4-19(16)29/h1-5,8-10,14-15,29H,6-7,11-12H2,(H2,23,26). The molecule has 29 heavy (non-hydrogen) atoms. The minimum absolute atomic E-state index is 0.157. The number of rotatable bonds is 3. The minimum atomic E-state index is -0.327. The zero-order valence-electron chi connectivity index (χ0n) is 15.7. The first-order chi connectivity index (χ1) is 14.1. The van der Waals surface area contributed by atoms with Crippen molar-refractivity contribution in [3.8, 4) is 17.0 Å². The number of nitrogens with zero attached hydrogens (tertiary/aromatic N) is 5. The van der Waals surface area contributed by atoms with Crippen LogP contribution in [0.25, 0.3) is 11.3 Å². The number of halogens is 1. The highest BCUT2D eigenvalue weighted by molar-refractivity contribution is 5.74. The van der Waals surface area contributed by atoms with Gasteiger partial charge in [-0.05, 0) is 43.2 Å². The van der Waals surface area contributed by atoms with Crippen molar-refractivity contribution in [3.05, 3.63) is 54.5 Å². The molecule has 3 N–H and O–H groups in total. The largest absolute Gasteiger partial charge is 0.507 e. The van der Waals surface area contributed by atoms with Gasteiger partial charge in [-0.3, -0.25) is 0 Å². The lowest BCUT2D eigenvalue weighted by Crippen LogP contribution is -2.54. The first-order valence-electron chi connectivity index (χ1n) is 9.66. The number of fused-ring (bicyclic) bond motifs is 2. The Morgan fingerprint density at radius 3 is 2.48 bits per heavy atom. The summed E-state index contributed by atoms with van der Waals surface area (Å²) in [6, 6.07) is 12.7. The number of nitrogens with two attached hydrogens (primary N) is 1. The summed E-state index contributed by atoms with van der Waals surface area (Å²) in [6.07, 6.45) is 3.36. The smallest absolute Gasteiger partial charge is 0.169 e. The summed E-state index contributed by atoms with van der Waals surface area (Å²) in [6.45, 7) is 1.54.